The van der Waals surface area contributed by atoms with E-state index >= 15 is 0 Å². The molecule has 0 radical (unpaired) electrons. The zero-order chi connectivity index (χ0) is 17.7. The number of ether oxygens (including phenoxy) is 1. The smallest absolute Gasteiger partial charge is 0.410 e. The van der Waals surface area contributed by atoms with Crippen molar-refractivity contribution < 1.29 is 9.53 Å². The van der Waals surface area contributed by atoms with Crippen LogP contribution in [0.15, 0.2) is 18.3 Å². The predicted molar refractivity (Wildman–Crippen MR) is 97.1 cm³/mol. The summed E-state index contributed by atoms with van der Waals surface area (Å²) in [6, 6.07) is 4.53. The van der Waals surface area contributed by atoms with Crippen LogP contribution in [-0.2, 0) is 4.74 Å². The standard InChI is InChI=1S/C19H31N3O2/c1-6-14(2)21-17-11-10-15(13-20-17)16-9-7-8-12-22(16)18(23)24-19(3,4)5/h10-11,13-14,16H,6-9,12H2,1-5H3,(H,20,21)/t14-,16+/m0/s1. The molecule has 0 spiro atoms. The molecule has 0 unspecified atom stereocenters. The molecular formula is C19H31N3O2. The Morgan fingerprint density at radius 1 is 1.42 bits per heavy atom. The molecule has 134 valence electrons. The van der Waals surface area contributed by atoms with Crippen molar-refractivity contribution in [2.24, 2.45) is 0 Å². The second-order valence-corrected chi connectivity index (χ2v) is 7.62. The van der Waals surface area contributed by atoms with Crippen molar-refractivity contribution >= 4 is 11.9 Å². The van der Waals surface area contributed by atoms with E-state index in [2.05, 4.69) is 30.2 Å². The van der Waals surface area contributed by atoms with E-state index in [1.165, 1.54) is 0 Å². The van der Waals surface area contributed by atoms with Gasteiger partial charge in [-0.15, -0.1) is 0 Å². The molecule has 1 aromatic heterocycles. The third-order valence-corrected chi connectivity index (χ3v) is 4.31. The number of piperidine rings is 1. The van der Waals surface area contributed by atoms with Gasteiger partial charge in [0.25, 0.3) is 0 Å². The quantitative estimate of drug-likeness (QED) is 0.863. The van der Waals surface area contributed by atoms with Gasteiger partial charge in [0, 0.05) is 18.8 Å². The molecule has 0 aromatic carbocycles. The van der Waals surface area contributed by atoms with Gasteiger partial charge in [-0.25, -0.2) is 9.78 Å². The first-order valence-electron chi connectivity index (χ1n) is 9.02. The highest BCUT2D eigenvalue weighted by atomic mass is 16.6. The van der Waals surface area contributed by atoms with E-state index in [-0.39, 0.29) is 12.1 Å². The average Bonchev–Trinajstić information content (AvgIpc) is 2.54. The second-order valence-electron chi connectivity index (χ2n) is 7.62. The monoisotopic (exact) mass is 333 g/mol. The summed E-state index contributed by atoms with van der Waals surface area (Å²) >= 11 is 0. The van der Waals surface area contributed by atoms with Gasteiger partial charge in [-0.05, 0) is 65.0 Å². The fourth-order valence-electron chi connectivity index (χ4n) is 2.86. The highest BCUT2D eigenvalue weighted by Gasteiger charge is 2.31. The lowest BCUT2D eigenvalue weighted by Gasteiger charge is -2.36. The van der Waals surface area contributed by atoms with Gasteiger partial charge in [-0.2, -0.15) is 0 Å². The van der Waals surface area contributed by atoms with E-state index < -0.39 is 5.60 Å². The minimum atomic E-state index is -0.471. The van der Waals surface area contributed by atoms with Crippen LogP contribution >= 0.6 is 0 Å². The second kappa shape index (κ2) is 7.86. The fourth-order valence-corrected chi connectivity index (χ4v) is 2.86. The summed E-state index contributed by atoms with van der Waals surface area (Å²) in [6.45, 7) is 10.7. The number of hydrogen-bond acceptors (Lipinski definition) is 4. The Morgan fingerprint density at radius 2 is 2.17 bits per heavy atom. The van der Waals surface area contributed by atoms with E-state index in [0.717, 1.165) is 43.6 Å². The molecular weight excluding hydrogens is 302 g/mol. The molecule has 1 fully saturated rings. The third-order valence-electron chi connectivity index (χ3n) is 4.31. The number of nitrogens with zero attached hydrogens (tertiary/aromatic N) is 2. The summed E-state index contributed by atoms with van der Waals surface area (Å²) in [5, 5.41) is 3.37. The third kappa shape index (κ3) is 5.11. The average molecular weight is 333 g/mol. The molecule has 0 aliphatic carbocycles. The van der Waals surface area contributed by atoms with E-state index in [1.807, 2.05) is 37.9 Å². The molecule has 0 saturated carbocycles. The molecule has 2 rings (SSSR count). The largest absolute Gasteiger partial charge is 0.444 e. The van der Waals surface area contributed by atoms with E-state index in [0.29, 0.717) is 6.04 Å². The van der Waals surface area contributed by atoms with Crippen molar-refractivity contribution in [2.75, 3.05) is 11.9 Å². The number of pyridine rings is 1. The highest BCUT2D eigenvalue weighted by molar-refractivity contribution is 5.69. The highest BCUT2D eigenvalue weighted by Crippen LogP contribution is 2.32. The molecule has 24 heavy (non-hydrogen) atoms. The van der Waals surface area contributed by atoms with E-state index in [4.69, 9.17) is 4.74 Å². The lowest BCUT2D eigenvalue weighted by Crippen LogP contribution is -2.41. The zero-order valence-electron chi connectivity index (χ0n) is 15.6. The van der Waals surface area contributed by atoms with Gasteiger partial charge in [-0.1, -0.05) is 13.0 Å². The normalized spacial score (nSPS) is 19.7. The van der Waals surface area contributed by atoms with Crippen LogP contribution in [0.4, 0.5) is 10.6 Å². The molecule has 2 atom stereocenters. The Morgan fingerprint density at radius 3 is 2.75 bits per heavy atom. The van der Waals surface area contributed by atoms with Crippen molar-refractivity contribution in [3.05, 3.63) is 23.9 Å². The molecule has 1 amide bonds. The number of hydrogen-bond donors (Lipinski definition) is 1. The predicted octanol–water partition coefficient (Wildman–Crippen LogP) is 4.75. The number of rotatable bonds is 4. The number of aromatic nitrogens is 1. The Kier molecular flexibility index (Phi) is 6.08. The van der Waals surface area contributed by atoms with Gasteiger partial charge >= 0.3 is 6.09 Å². The van der Waals surface area contributed by atoms with Crippen LogP contribution in [0, 0.1) is 0 Å². The van der Waals surface area contributed by atoms with Crippen LogP contribution in [0.25, 0.3) is 0 Å². The number of carbonyl (C=O) groups excluding carboxylic acids is 1. The Labute approximate surface area is 145 Å². The first kappa shape index (κ1) is 18.6. The molecule has 5 heteroatoms. The van der Waals surface area contributed by atoms with Crippen LogP contribution < -0.4 is 5.32 Å². The lowest BCUT2D eigenvalue weighted by molar-refractivity contribution is 0.00948. The first-order chi connectivity index (χ1) is 11.3. The molecule has 1 aliphatic heterocycles. The van der Waals surface area contributed by atoms with Crippen LogP contribution in [-0.4, -0.2) is 34.2 Å². The van der Waals surface area contributed by atoms with Crippen molar-refractivity contribution in [3.63, 3.8) is 0 Å². The van der Waals surface area contributed by atoms with Gasteiger partial charge in [0.1, 0.15) is 11.4 Å². The van der Waals surface area contributed by atoms with Crippen molar-refractivity contribution in [3.8, 4) is 0 Å². The number of anilines is 1. The maximum absolute atomic E-state index is 12.5. The number of nitrogens with one attached hydrogen (secondary N) is 1. The molecule has 1 saturated heterocycles. The van der Waals surface area contributed by atoms with Gasteiger partial charge in [0.2, 0.25) is 0 Å². The van der Waals surface area contributed by atoms with Crippen molar-refractivity contribution in [1.29, 1.82) is 0 Å². The van der Waals surface area contributed by atoms with Crippen LogP contribution in [0.2, 0.25) is 0 Å². The van der Waals surface area contributed by atoms with Crippen LogP contribution in [0.5, 0.6) is 0 Å². The zero-order valence-corrected chi connectivity index (χ0v) is 15.6. The fraction of sp³-hybridized carbons (Fsp3) is 0.684. The number of carbonyl (C=O) groups is 1. The summed E-state index contributed by atoms with van der Waals surface area (Å²) in [5.41, 5.74) is 0.608. The van der Waals surface area contributed by atoms with E-state index in [9.17, 15) is 4.79 Å². The Hall–Kier alpha value is -1.78. The van der Waals surface area contributed by atoms with Crippen molar-refractivity contribution in [1.82, 2.24) is 9.88 Å². The molecule has 1 aliphatic rings. The van der Waals surface area contributed by atoms with Crippen LogP contribution in [0.1, 0.15) is 71.9 Å². The summed E-state index contributed by atoms with van der Waals surface area (Å²) < 4.78 is 5.57. The summed E-state index contributed by atoms with van der Waals surface area (Å²) in [5.74, 6) is 0.882. The Balaban J connectivity index is 2.11. The molecule has 1 aromatic rings. The molecule has 5 nitrogen and oxygen atoms in total. The maximum atomic E-state index is 12.5. The summed E-state index contributed by atoms with van der Waals surface area (Å²) in [7, 11) is 0. The molecule has 2 heterocycles. The van der Waals surface area contributed by atoms with Gasteiger partial charge in [-0.3, -0.25) is 0 Å². The van der Waals surface area contributed by atoms with Crippen LogP contribution in [0.3, 0.4) is 0 Å². The SMILES string of the molecule is CC[C@H](C)Nc1ccc([C@H]2CCCCN2C(=O)OC(C)(C)C)cn1. The topological polar surface area (TPSA) is 54.5 Å². The lowest BCUT2D eigenvalue weighted by atomic mass is 9.97. The summed E-state index contributed by atoms with van der Waals surface area (Å²) in [6.07, 6.45) is 5.82. The summed E-state index contributed by atoms with van der Waals surface area (Å²) in [4.78, 5) is 18.9. The van der Waals surface area contributed by atoms with Crippen molar-refractivity contribution in [2.45, 2.75) is 78.0 Å². The Bertz CT molecular complexity index is 537. The number of amides is 1. The minimum absolute atomic E-state index is 0.0544. The molecule has 0 bridgehead atoms. The van der Waals surface area contributed by atoms with Gasteiger partial charge in [0.15, 0.2) is 0 Å². The van der Waals surface area contributed by atoms with Gasteiger partial charge < -0.3 is 15.0 Å². The van der Waals surface area contributed by atoms with Gasteiger partial charge in [0.05, 0.1) is 6.04 Å². The van der Waals surface area contributed by atoms with E-state index in [1.54, 1.807) is 0 Å². The molecule has 1 N–H and O–H groups in total. The maximum Gasteiger partial charge on any atom is 0.410 e. The first-order valence-corrected chi connectivity index (χ1v) is 9.02. The number of likely N-dealkylation sites (tertiary alicyclic amines) is 1. The minimum Gasteiger partial charge on any atom is -0.444 e.